The molecule has 1 saturated carbocycles. The molecule has 1 aliphatic rings. The van der Waals surface area contributed by atoms with Gasteiger partial charge in [-0.3, -0.25) is 4.79 Å². The van der Waals surface area contributed by atoms with Gasteiger partial charge in [0.05, 0.1) is 12.2 Å². The van der Waals surface area contributed by atoms with Crippen LogP contribution in [-0.4, -0.2) is 24.3 Å². The minimum atomic E-state index is -0.0905. The summed E-state index contributed by atoms with van der Waals surface area (Å²) in [5, 5.41) is 0. The van der Waals surface area contributed by atoms with E-state index >= 15 is 0 Å². The Bertz CT molecular complexity index is 215. The van der Waals surface area contributed by atoms with Crippen LogP contribution in [0.3, 0.4) is 0 Å². The highest BCUT2D eigenvalue weighted by atomic mass is 16.5. The summed E-state index contributed by atoms with van der Waals surface area (Å²) in [6.07, 6.45) is 6.29. The van der Waals surface area contributed by atoms with Crippen LogP contribution in [0.2, 0.25) is 0 Å². The van der Waals surface area contributed by atoms with Gasteiger partial charge in [0.2, 0.25) is 0 Å². The predicted molar refractivity (Wildman–Crippen MR) is 63.3 cm³/mol. The fraction of sp³-hybridized carbons (Fsp3) is 0.923. The molecule has 1 fully saturated rings. The molecule has 0 heterocycles. The van der Waals surface area contributed by atoms with Crippen LogP contribution < -0.4 is 0 Å². The van der Waals surface area contributed by atoms with E-state index in [1.165, 1.54) is 0 Å². The molecule has 0 N–H and O–H groups in total. The zero-order chi connectivity index (χ0) is 12.0. The zero-order valence-electron chi connectivity index (χ0n) is 10.7. The van der Waals surface area contributed by atoms with Crippen LogP contribution in [0.1, 0.15) is 59.3 Å². The second-order valence-corrected chi connectivity index (χ2v) is 4.64. The van der Waals surface area contributed by atoms with Crippen molar-refractivity contribution in [2.24, 2.45) is 0 Å². The standard InChI is InChI=1S/C13H24O3/c1-4-6-10(3)15-11-7-8-12(9-11)16-13(14)5-2/h10-12H,4-9H2,1-3H3. The molecule has 3 atom stereocenters. The van der Waals surface area contributed by atoms with E-state index in [2.05, 4.69) is 13.8 Å². The molecule has 94 valence electrons. The summed E-state index contributed by atoms with van der Waals surface area (Å²) in [6.45, 7) is 6.11. The number of hydrogen-bond donors (Lipinski definition) is 0. The molecule has 3 nitrogen and oxygen atoms in total. The second-order valence-electron chi connectivity index (χ2n) is 4.64. The summed E-state index contributed by atoms with van der Waals surface area (Å²) in [5.74, 6) is -0.0905. The molecule has 0 aromatic carbocycles. The Hall–Kier alpha value is -0.570. The van der Waals surface area contributed by atoms with Crippen LogP contribution in [0, 0.1) is 0 Å². The third kappa shape index (κ3) is 4.52. The lowest BCUT2D eigenvalue weighted by Gasteiger charge is -2.18. The number of hydrogen-bond acceptors (Lipinski definition) is 3. The van der Waals surface area contributed by atoms with Gasteiger partial charge in [-0.2, -0.15) is 0 Å². The van der Waals surface area contributed by atoms with Crippen LogP contribution in [-0.2, 0) is 14.3 Å². The smallest absolute Gasteiger partial charge is 0.305 e. The van der Waals surface area contributed by atoms with Gasteiger partial charge in [-0.15, -0.1) is 0 Å². The molecule has 0 radical (unpaired) electrons. The summed E-state index contributed by atoms with van der Waals surface area (Å²) >= 11 is 0. The van der Waals surface area contributed by atoms with Gasteiger partial charge in [0, 0.05) is 12.8 Å². The van der Waals surface area contributed by atoms with Gasteiger partial charge in [0.1, 0.15) is 6.10 Å². The van der Waals surface area contributed by atoms with Crippen molar-refractivity contribution in [2.75, 3.05) is 0 Å². The predicted octanol–water partition coefficient (Wildman–Crippen LogP) is 3.07. The van der Waals surface area contributed by atoms with E-state index in [1.807, 2.05) is 6.92 Å². The van der Waals surface area contributed by atoms with Crippen molar-refractivity contribution in [3.63, 3.8) is 0 Å². The topological polar surface area (TPSA) is 35.5 Å². The lowest BCUT2D eigenvalue weighted by Crippen LogP contribution is -2.20. The maximum Gasteiger partial charge on any atom is 0.305 e. The molecule has 0 aliphatic heterocycles. The summed E-state index contributed by atoms with van der Waals surface area (Å²) < 4.78 is 11.2. The lowest BCUT2D eigenvalue weighted by molar-refractivity contribution is -0.148. The minimum absolute atomic E-state index is 0.0891. The van der Waals surface area contributed by atoms with E-state index < -0.39 is 0 Å². The van der Waals surface area contributed by atoms with Crippen LogP contribution in [0.4, 0.5) is 0 Å². The highest BCUT2D eigenvalue weighted by Gasteiger charge is 2.28. The molecular weight excluding hydrogens is 204 g/mol. The molecule has 0 amide bonds. The molecule has 0 aromatic rings. The third-order valence-electron chi connectivity index (χ3n) is 3.04. The van der Waals surface area contributed by atoms with Crippen molar-refractivity contribution in [3.05, 3.63) is 0 Å². The molecule has 16 heavy (non-hydrogen) atoms. The van der Waals surface area contributed by atoms with Gasteiger partial charge >= 0.3 is 5.97 Å². The van der Waals surface area contributed by atoms with Crippen LogP contribution in [0.25, 0.3) is 0 Å². The third-order valence-corrected chi connectivity index (χ3v) is 3.04. The number of carbonyl (C=O) groups excluding carboxylic acids is 1. The number of rotatable bonds is 6. The molecule has 1 rings (SSSR count). The lowest BCUT2D eigenvalue weighted by atomic mass is 10.2. The van der Waals surface area contributed by atoms with Gasteiger partial charge in [-0.05, 0) is 26.2 Å². The van der Waals surface area contributed by atoms with E-state index in [9.17, 15) is 4.79 Å². The van der Waals surface area contributed by atoms with E-state index in [-0.39, 0.29) is 18.2 Å². The van der Waals surface area contributed by atoms with E-state index in [0.29, 0.717) is 12.5 Å². The Morgan fingerprint density at radius 1 is 1.31 bits per heavy atom. The Morgan fingerprint density at radius 3 is 2.62 bits per heavy atom. The summed E-state index contributed by atoms with van der Waals surface area (Å²) in [6, 6.07) is 0. The van der Waals surface area contributed by atoms with Crippen LogP contribution in [0.5, 0.6) is 0 Å². The second kappa shape index (κ2) is 6.89. The molecule has 1 aliphatic carbocycles. The summed E-state index contributed by atoms with van der Waals surface area (Å²) in [5.41, 5.74) is 0. The van der Waals surface area contributed by atoms with Gasteiger partial charge in [-0.1, -0.05) is 20.3 Å². The first-order valence-corrected chi connectivity index (χ1v) is 6.50. The number of carbonyl (C=O) groups is 1. The fourth-order valence-corrected chi connectivity index (χ4v) is 2.20. The first kappa shape index (κ1) is 13.5. The SMILES string of the molecule is CCCC(C)OC1CCC(OC(=O)CC)C1. The van der Waals surface area contributed by atoms with Crippen molar-refractivity contribution in [1.82, 2.24) is 0 Å². The average Bonchev–Trinajstić information content (AvgIpc) is 2.65. The van der Waals surface area contributed by atoms with Gasteiger partial charge in [0.25, 0.3) is 0 Å². The Morgan fingerprint density at radius 2 is 2.00 bits per heavy atom. The van der Waals surface area contributed by atoms with Crippen molar-refractivity contribution in [3.8, 4) is 0 Å². The largest absolute Gasteiger partial charge is 0.462 e. The Balaban J connectivity index is 2.21. The average molecular weight is 228 g/mol. The van der Waals surface area contributed by atoms with Crippen molar-refractivity contribution >= 4 is 5.97 Å². The van der Waals surface area contributed by atoms with Crippen LogP contribution in [0.15, 0.2) is 0 Å². The molecule has 0 saturated heterocycles. The molecular formula is C13H24O3. The van der Waals surface area contributed by atoms with Crippen molar-refractivity contribution in [1.29, 1.82) is 0 Å². The number of ether oxygens (including phenoxy) is 2. The maximum atomic E-state index is 11.1. The van der Waals surface area contributed by atoms with Crippen LogP contribution >= 0.6 is 0 Å². The monoisotopic (exact) mass is 228 g/mol. The van der Waals surface area contributed by atoms with Gasteiger partial charge in [-0.25, -0.2) is 0 Å². The molecule has 0 aromatic heterocycles. The van der Waals surface area contributed by atoms with Crippen molar-refractivity contribution in [2.45, 2.75) is 77.6 Å². The van der Waals surface area contributed by atoms with E-state index in [4.69, 9.17) is 9.47 Å². The molecule has 0 spiro atoms. The van der Waals surface area contributed by atoms with Gasteiger partial charge in [0.15, 0.2) is 0 Å². The van der Waals surface area contributed by atoms with E-state index in [0.717, 1.165) is 32.1 Å². The summed E-state index contributed by atoms with van der Waals surface area (Å²) in [4.78, 5) is 11.1. The fourth-order valence-electron chi connectivity index (χ4n) is 2.20. The highest BCUT2D eigenvalue weighted by Crippen LogP contribution is 2.26. The first-order valence-electron chi connectivity index (χ1n) is 6.50. The molecule has 3 unspecified atom stereocenters. The zero-order valence-corrected chi connectivity index (χ0v) is 10.7. The quantitative estimate of drug-likeness (QED) is 0.655. The molecule has 0 bridgehead atoms. The number of esters is 1. The maximum absolute atomic E-state index is 11.1. The Labute approximate surface area is 98.5 Å². The highest BCUT2D eigenvalue weighted by molar-refractivity contribution is 5.69. The molecule has 3 heteroatoms. The summed E-state index contributed by atoms with van der Waals surface area (Å²) in [7, 11) is 0. The van der Waals surface area contributed by atoms with E-state index in [1.54, 1.807) is 0 Å². The normalized spacial score (nSPS) is 26.7. The van der Waals surface area contributed by atoms with Gasteiger partial charge < -0.3 is 9.47 Å². The first-order chi connectivity index (χ1) is 7.65. The minimum Gasteiger partial charge on any atom is -0.462 e. The Kier molecular flexibility index (Phi) is 5.81. The van der Waals surface area contributed by atoms with Crippen molar-refractivity contribution < 1.29 is 14.3 Å².